The summed E-state index contributed by atoms with van der Waals surface area (Å²) in [7, 11) is 0. The zero-order valence-corrected chi connectivity index (χ0v) is 21.3. The summed E-state index contributed by atoms with van der Waals surface area (Å²) in [5, 5.41) is 41.4. The highest BCUT2D eigenvalue weighted by atomic mass is 16.3. The predicted molar refractivity (Wildman–Crippen MR) is 132 cm³/mol. The van der Waals surface area contributed by atoms with Gasteiger partial charge in [0.2, 0.25) is 0 Å². The van der Waals surface area contributed by atoms with E-state index in [9.17, 15) is 20.1 Å². The van der Waals surface area contributed by atoms with E-state index in [1.54, 1.807) is 0 Å². The second-order valence-corrected chi connectivity index (χ2v) is 12.8. The number of allylic oxidation sites excluding steroid dienone is 1. The van der Waals surface area contributed by atoms with Crippen LogP contribution in [-0.4, -0.2) is 62.3 Å². The molecule has 4 N–H and O–H groups in total. The molecule has 0 spiro atoms. The molecule has 0 amide bonds. The average molecular weight is 484 g/mol. The Morgan fingerprint density at radius 1 is 1.26 bits per heavy atom. The first-order chi connectivity index (χ1) is 16.6. The Balaban J connectivity index is 1.35. The summed E-state index contributed by atoms with van der Waals surface area (Å²) in [4.78, 5) is 12.8. The number of rotatable bonds is 3. The van der Waals surface area contributed by atoms with E-state index in [1.807, 2.05) is 13.8 Å². The normalized spacial score (nSPS) is 45.2. The van der Waals surface area contributed by atoms with Crippen molar-refractivity contribution in [3.63, 3.8) is 0 Å². The number of aliphatic hydroxyl groups is 3. The van der Waals surface area contributed by atoms with Gasteiger partial charge >= 0.3 is 0 Å². The molecule has 2 heterocycles. The van der Waals surface area contributed by atoms with Gasteiger partial charge in [-0.3, -0.25) is 9.48 Å². The predicted octanol–water partition coefficient (Wildman–Crippen LogP) is 2.50. The highest BCUT2D eigenvalue weighted by molar-refractivity contribution is 5.90. The summed E-state index contributed by atoms with van der Waals surface area (Å²) in [5.41, 5.74) is 1.52. The van der Waals surface area contributed by atoms with Gasteiger partial charge in [0, 0.05) is 5.41 Å². The van der Waals surface area contributed by atoms with Crippen molar-refractivity contribution >= 4 is 11.9 Å². The van der Waals surface area contributed by atoms with Crippen molar-refractivity contribution in [3.8, 4) is 0 Å². The van der Waals surface area contributed by atoms with Gasteiger partial charge in [-0.15, -0.1) is 0 Å². The number of carbonyl (C=O) groups excluding carboxylic acids is 1. The van der Waals surface area contributed by atoms with Crippen molar-refractivity contribution in [2.24, 2.45) is 34.5 Å². The van der Waals surface area contributed by atoms with Gasteiger partial charge in [0.05, 0.1) is 24.0 Å². The molecule has 1 aromatic rings. The van der Waals surface area contributed by atoms with Crippen molar-refractivity contribution in [3.05, 3.63) is 23.0 Å². The molecule has 0 aromatic carbocycles. The molecule has 0 unspecified atom stereocenters. The Labute approximate surface area is 208 Å². The third kappa shape index (κ3) is 3.04. The minimum Gasteiger partial charge on any atom is -0.393 e. The maximum absolute atomic E-state index is 12.8. The zero-order valence-electron chi connectivity index (χ0n) is 21.3. The van der Waals surface area contributed by atoms with Gasteiger partial charge in [-0.05, 0) is 98.8 Å². The van der Waals surface area contributed by atoms with Gasteiger partial charge in [0.1, 0.15) is 12.2 Å². The lowest BCUT2D eigenvalue weighted by Gasteiger charge is -2.60. The third-order valence-corrected chi connectivity index (χ3v) is 11.3. The van der Waals surface area contributed by atoms with E-state index < -0.39 is 29.5 Å². The summed E-state index contributed by atoms with van der Waals surface area (Å²) in [6.45, 7) is 7.68. The number of nitrogens with zero attached hydrogens (tertiary/aromatic N) is 2. The number of aromatic nitrogens is 2. The topological polar surface area (TPSA) is 108 Å². The van der Waals surface area contributed by atoms with Crippen molar-refractivity contribution in [1.29, 1.82) is 0 Å². The number of piperidine rings is 1. The Bertz CT molecular complexity index is 1060. The second-order valence-electron chi connectivity index (χ2n) is 12.8. The van der Waals surface area contributed by atoms with Crippen LogP contribution in [0.4, 0.5) is 0 Å². The molecule has 0 bridgehead atoms. The van der Waals surface area contributed by atoms with Crippen LogP contribution in [0.1, 0.15) is 76.6 Å². The number of hydrogen-bond acceptors (Lipinski definition) is 6. The molecule has 8 atom stereocenters. The number of Topliss-reactive ketones (excluding diaryl/α,β-unsaturated/α-hetero) is 1. The van der Waals surface area contributed by atoms with E-state index in [4.69, 9.17) is 5.10 Å². The van der Waals surface area contributed by atoms with Gasteiger partial charge in [-0.2, -0.15) is 5.10 Å². The smallest absolute Gasteiger partial charge is 0.190 e. The number of aliphatic hydroxyl groups excluding tert-OH is 2. The summed E-state index contributed by atoms with van der Waals surface area (Å²) < 4.78 is 2.25. The van der Waals surface area contributed by atoms with Crippen LogP contribution in [0.5, 0.6) is 0 Å². The molecule has 0 radical (unpaired) electrons. The lowest BCUT2D eigenvalue weighted by atomic mass is 9.45. The summed E-state index contributed by atoms with van der Waals surface area (Å²) in [5.74, 6) is -0.224. The second kappa shape index (κ2) is 7.98. The maximum atomic E-state index is 12.8. The lowest BCUT2D eigenvalue weighted by Crippen LogP contribution is -2.63. The summed E-state index contributed by atoms with van der Waals surface area (Å²) in [6, 6.07) is 0.445. The molecule has 1 aromatic heterocycles. The summed E-state index contributed by atoms with van der Waals surface area (Å²) >= 11 is 0. The van der Waals surface area contributed by atoms with Gasteiger partial charge in [-0.25, -0.2) is 0 Å². The third-order valence-electron chi connectivity index (χ3n) is 11.3. The molecule has 7 heteroatoms. The van der Waals surface area contributed by atoms with Gasteiger partial charge in [-0.1, -0.05) is 26.3 Å². The molecule has 1 aliphatic heterocycles. The van der Waals surface area contributed by atoms with Gasteiger partial charge in [0.15, 0.2) is 5.78 Å². The highest BCUT2D eigenvalue weighted by Gasteiger charge is 2.70. The van der Waals surface area contributed by atoms with Crippen LogP contribution in [0.25, 0.3) is 6.08 Å². The van der Waals surface area contributed by atoms with Crippen LogP contribution in [0, 0.1) is 34.5 Å². The average Bonchev–Trinajstić information content (AvgIpc) is 3.33. The molecular weight excluding hydrogens is 442 g/mol. The summed E-state index contributed by atoms with van der Waals surface area (Å²) in [6.07, 6.45) is 10.0. The van der Waals surface area contributed by atoms with E-state index in [0.717, 1.165) is 51.6 Å². The van der Waals surface area contributed by atoms with Crippen molar-refractivity contribution < 1.29 is 20.1 Å². The van der Waals surface area contributed by atoms with Crippen LogP contribution in [-0.2, 0) is 11.2 Å². The van der Waals surface area contributed by atoms with E-state index in [0.29, 0.717) is 12.5 Å². The Morgan fingerprint density at radius 2 is 2.00 bits per heavy atom. The zero-order chi connectivity index (χ0) is 24.8. The number of nitrogens with one attached hydrogen (secondary N) is 1. The molecule has 4 aliphatic carbocycles. The fourth-order valence-corrected chi connectivity index (χ4v) is 9.60. The molecular formula is C28H41N3O4. The first-order valence-electron chi connectivity index (χ1n) is 13.7. The lowest BCUT2D eigenvalue weighted by molar-refractivity contribution is -0.186. The number of fused-ring (bicyclic) bond motifs is 6. The monoisotopic (exact) mass is 483 g/mol. The van der Waals surface area contributed by atoms with Gasteiger partial charge < -0.3 is 20.6 Å². The maximum Gasteiger partial charge on any atom is 0.190 e. The standard InChI is InChI=1S/C28H41N3O4/c1-16-10-21-20-5-4-18-11-22-17(14-30-31(22)19-6-8-29-9-7-19)12-26(18,2)25(20)23(33)13-27(21,3)28(16,35)24(34)15-32/h11,14,16,19-21,23,25,29,32-33,35H,4-10,12-13,15H2,1-3H3/t16-,20+,21+,23+,25-,26+,27+,28+/m1/s1. The van der Waals surface area contributed by atoms with E-state index in [1.165, 1.54) is 16.8 Å². The fourth-order valence-electron chi connectivity index (χ4n) is 9.60. The minimum absolute atomic E-state index is 0.0923. The van der Waals surface area contributed by atoms with Crippen LogP contribution < -0.4 is 5.32 Å². The molecule has 35 heavy (non-hydrogen) atoms. The van der Waals surface area contributed by atoms with Crippen LogP contribution in [0.15, 0.2) is 11.8 Å². The number of ketones is 1. The molecule has 192 valence electrons. The van der Waals surface area contributed by atoms with Crippen molar-refractivity contribution in [2.75, 3.05) is 19.7 Å². The van der Waals surface area contributed by atoms with E-state index in [-0.39, 0.29) is 29.1 Å². The molecule has 4 fully saturated rings. The largest absolute Gasteiger partial charge is 0.393 e. The molecule has 5 aliphatic rings. The van der Waals surface area contributed by atoms with Gasteiger partial charge in [0.25, 0.3) is 0 Å². The fraction of sp³-hybridized carbons (Fsp3) is 0.786. The first-order valence-corrected chi connectivity index (χ1v) is 13.7. The number of carbonyl (C=O) groups is 1. The quantitative estimate of drug-likeness (QED) is 0.526. The van der Waals surface area contributed by atoms with Crippen molar-refractivity contribution in [2.45, 2.75) is 83.5 Å². The SMILES string of the molecule is C[C@@H]1C[C@H]2[C@@H]3CCC4=Cc5c(cnn5C5CCNCC5)C[C@]4(C)[C@H]3[C@@H](O)C[C@]2(C)[C@@]1(O)C(=O)CO. The van der Waals surface area contributed by atoms with E-state index >= 15 is 0 Å². The molecule has 3 saturated carbocycles. The molecule has 1 saturated heterocycles. The first kappa shape index (κ1) is 23.8. The Kier molecular flexibility index (Phi) is 5.43. The minimum atomic E-state index is -1.58. The highest BCUT2D eigenvalue weighted by Crippen LogP contribution is 2.68. The van der Waals surface area contributed by atoms with E-state index in [2.05, 4.69) is 29.2 Å². The Hall–Kier alpha value is -1.54. The van der Waals surface area contributed by atoms with Crippen molar-refractivity contribution in [1.82, 2.24) is 15.1 Å². The number of hydrogen-bond donors (Lipinski definition) is 4. The van der Waals surface area contributed by atoms with Crippen LogP contribution in [0.2, 0.25) is 0 Å². The Morgan fingerprint density at radius 3 is 2.71 bits per heavy atom. The molecule has 6 rings (SSSR count). The van der Waals surface area contributed by atoms with Crippen LogP contribution in [0.3, 0.4) is 0 Å². The molecule has 7 nitrogen and oxygen atoms in total. The van der Waals surface area contributed by atoms with Crippen LogP contribution >= 0.6 is 0 Å².